The number of hydrogen-bond donors (Lipinski definition) is 1. The molecule has 3 aromatic carbocycles. The van der Waals surface area contributed by atoms with E-state index in [0.29, 0.717) is 30.7 Å². The Morgan fingerprint density at radius 2 is 1.78 bits per heavy atom. The van der Waals surface area contributed by atoms with Crippen molar-refractivity contribution in [1.29, 1.82) is 0 Å². The lowest BCUT2D eigenvalue weighted by atomic mass is 10.1. The zero-order valence-corrected chi connectivity index (χ0v) is 22.2. The first-order valence-corrected chi connectivity index (χ1v) is 12.1. The number of nitrogens with one attached hydrogen (secondary N) is 1. The van der Waals surface area contributed by atoms with Crippen molar-refractivity contribution < 1.29 is 28.2 Å². The average molecular weight is 641 g/mol. The van der Waals surface area contributed by atoms with Gasteiger partial charge in [0.25, 0.3) is 11.8 Å². The average Bonchev–Trinajstić information content (AvgIpc) is 2.83. The second-order valence-electron chi connectivity index (χ2n) is 7.49. The van der Waals surface area contributed by atoms with Gasteiger partial charge in [0, 0.05) is 15.6 Å². The predicted octanol–water partition coefficient (Wildman–Crippen LogP) is 5.99. The maximum absolute atomic E-state index is 13.3. The Hall–Kier alpha value is -3.15. The number of carbonyl (C=O) groups excluding carboxylic acids is 3. The fourth-order valence-electron chi connectivity index (χ4n) is 3.40. The Kier molecular flexibility index (Phi) is 7.82. The number of nitrogens with zero attached hydrogens (tertiary/aromatic N) is 1. The lowest BCUT2D eigenvalue weighted by Gasteiger charge is -2.26. The molecule has 3 aromatic rings. The minimum absolute atomic E-state index is 0.120. The Bertz CT molecular complexity index is 1410. The molecule has 1 saturated heterocycles. The number of benzene rings is 3. The topological polar surface area (TPSA) is 84.9 Å². The summed E-state index contributed by atoms with van der Waals surface area (Å²) in [6, 6.07) is 12.2. The first-order valence-electron chi connectivity index (χ1n) is 10.3. The number of anilines is 1. The molecule has 7 nitrogen and oxygen atoms in total. The summed E-state index contributed by atoms with van der Waals surface area (Å²) in [6.07, 6.45) is 1.34. The van der Waals surface area contributed by atoms with Gasteiger partial charge in [-0.3, -0.25) is 14.9 Å². The maximum Gasteiger partial charge on any atom is 0.335 e. The van der Waals surface area contributed by atoms with E-state index in [9.17, 15) is 18.8 Å². The minimum Gasteiger partial charge on any atom is -0.493 e. The van der Waals surface area contributed by atoms with Crippen molar-refractivity contribution in [2.24, 2.45) is 0 Å². The largest absolute Gasteiger partial charge is 0.493 e. The molecule has 0 aromatic heterocycles. The third-order valence-corrected chi connectivity index (χ3v) is 6.52. The van der Waals surface area contributed by atoms with Crippen molar-refractivity contribution in [3.05, 3.63) is 90.7 Å². The van der Waals surface area contributed by atoms with E-state index in [0.717, 1.165) is 22.6 Å². The molecule has 0 atom stereocenters. The molecular formula is C25H16Cl2FIN2O5. The molecule has 1 aliphatic heterocycles. The van der Waals surface area contributed by atoms with Crippen LogP contribution in [0.25, 0.3) is 6.08 Å². The number of methoxy groups -OCH3 is 1. The van der Waals surface area contributed by atoms with Gasteiger partial charge in [0.2, 0.25) is 0 Å². The zero-order chi connectivity index (χ0) is 26.0. The Morgan fingerprint density at radius 3 is 2.44 bits per heavy atom. The van der Waals surface area contributed by atoms with Gasteiger partial charge in [-0.05, 0) is 82.8 Å². The summed E-state index contributed by atoms with van der Waals surface area (Å²) in [7, 11) is 1.46. The van der Waals surface area contributed by atoms with Gasteiger partial charge in [-0.25, -0.2) is 14.1 Å². The number of urea groups is 1. The quantitative estimate of drug-likeness (QED) is 0.203. The number of barbiturate groups is 1. The Morgan fingerprint density at radius 1 is 1.06 bits per heavy atom. The number of ether oxygens (including phenoxy) is 2. The van der Waals surface area contributed by atoms with Crippen LogP contribution in [0.3, 0.4) is 0 Å². The van der Waals surface area contributed by atoms with Crippen LogP contribution in [0, 0.1) is 9.39 Å². The van der Waals surface area contributed by atoms with Gasteiger partial charge in [0.05, 0.1) is 16.4 Å². The van der Waals surface area contributed by atoms with Gasteiger partial charge < -0.3 is 9.47 Å². The van der Waals surface area contributed by atoms with Crippen LogP contribution in [0.4, 0.5) is 14.9 Å². The van der Waals surface area contributed by atoms with Crippen LogP contribution in [0.2, 0.25) is 10.0 Å². The minimum atomic E-state index is -0.925. The first kappa shape index (κ1) is 25.9. The fraction of sp³-hybridized carbons (Fsp3) is 0.0800. The fourth-order valence-corrected chi connectivity index (χ4v) is 4.64. The van der Waals surface area contributed by atoms with Crippen molar-refractivity contribution in [3.63, 3.8) is 0 Å². The highest BCUT2D eigenvalue weighted by Gasteiger charge is 2.36. The molecular weight excluding hydrogens is 625 g/mol. The van der Waals surface area contributed by atoms with E-state index < -0.39 is 23.7 Å². The lowest BCUT2D eigenvalue weighted by molar-refractivity contribution is -0.122. The SMILES string of the molecule is COc1cc(/C=C2\C(=O)NC(=O)N(c3ccc(F)cc3)C2=O)cc(I)c1OCc1ccc(Cl)cc1Cl. The normalized spacial score (nSPS) is 14.8. The third-order valence-electron chi connectivity index (χ3n) is 5.14. The van der Waals surface area contributed by atoms with E-state index in [-0.39, 0.29) is 17.9 Å². The molecule has 0 spiro atoms. The van der Waals surface area contributed by atoms with Crippen LogP contribution in [0.5, 0.6) is 11.5 Å². The van der Waals surface area contributed by atoms with Gasteiger partial charge in [0.1, 0.15) is 18.0 Å². The molecule has 0 radical (unpaired) electrons. The standard InChI is InChI=1S/C25H16Cl2FIN2O5/c1-35-21-10-13(9-20(29)22(21)36-12-14-2-3-15(26)11-19(14)27)8-18-23(32)30-25(34)31(24(18)33)17-6-4-16(28)5-7-17/h2-11H,12H2,1H3,(H,30,32,34)/b18-8+. The van der Waals surface area contributed by atoms with Gasteiger partial charge >= 0.3 is 6.03 Å². The molecule has 1 aliphatic rings. The number of hydrogen-bond acceptors (Lipinski definition) is 5. The van der Waals surface area contributed by atoms with Crippen molar-refractivity contribution in [1.82, 2.24) is 5.32 Å². The molecule has 0 aliphatic carbocycles. The third kappa shape index (κ3) is 5.48. The van der Waals surface area contributed by atoms with Crippen LogP contribution in [0.1, 0.15) is 11.1 Å². The molecule has 1 N–H and O–H groups in total. The summed E-state index contributed by atoms with van der Waals surface area (Å²) in [5.41, 5.74) is 1.02. The second kappa shape index (κ2) is 10.9. The molecule has 1 heterocycles. The summed E-state index contributed by atoms with van der Waals surface area (Å²) >= 11 is 14.2. The van der Waals surface area contributed by atoms with Crippen molar-refractivity contribution in [2.45, 2.75) is 6.61 Å². The molecule has 11 heteroatoms. The molecule has 0 saturated carbocycles. The number of rotatable bonds is 6. The van der Waals surface area contributed by atoms with Crippen LogP contribution in [-0.4, -0.2) is 25.0 Å². The van der Waals surface area contributed by atoms with Crippen molar-refractivity contribution >= 4 is 75.4 Å². The Balaban J connectivity index is 1.64. The molecule has 0 bridgehead atoms. The van der Waals surface area contributed by atoms with Crippen molar-refractivity contribution in [2.75, 3.05) is 12.0 Å². The highest BCUT2D eigenvalue weighted by atomic mass is 127. The van der Waals surface area contributed by atoms with Crippen LogP contribution in [0.15, 0.2) is 60.2 Å². The van der Waals surface area contributed by atoms with Crippen LogP contribution in [-0.2, 0) is 16.2 Å². The molecule has 0 unspecified atom stereocenters. The number of carbonyl (C=O) groups is 3. The predicted molar refractivity (Wildman–Crippen MR) is 142 cm³/mol. The highest BCUT2D eigenvalue weighted by molar-refractivity contribution is 14.1. The van der Waals surface area contributed by atoms with Gasteiger partial charge in [0.15, 0.2) is 11.5 Å². The molecule has 184 valence electrons. The van der Waals surface area contributed by atoms with E-state index >= 15 is 0 Å². The first-order chi connectivity index (χ1) is 17.2. The summed E-state index contributed by atoms with van der Waals surface area (Å²) < 4.78 is 25.3. The molecule has 4 rings (SSSR count). The smallest absolute Gasteiger partial charge is 0.335 e. The Labute approximate surface area is 228 Å². The number of imide groups is 2. The maximum atomic E-state index is 13.3. The monoisotopic (exact) mass is 640 g/mol. The summed E-state index contributed by atoms with van der Waals surface area (Å²) in [6.45, 7) is 0.151. The lowest BCUT2D eigenvalue weighted by Crippen LogP contribution is -2.54. The van der Waals surface area contributed by atoms with Crippen molar-refractivity contribution in [3.8, 4) is 11.5 Å². The van der Waals surface area contributed by atoms with E-state index in [1.165, 1.54) is 25.3 Å². The van der Waals surface area contributed by atoms with Gasteiger partial charge in [-0.15, -0.1) is 0 Å². The summed E-state index contributed by atoms with van der Waals surface area (Å²) in [4.78, 5) is 38.6. The van der Waals surface area contributed by atoms with Crippen LogP contribution < -0.4 is 19.7 Å². The van der Waals surface area contributed by atoms with E-state index in [1.807, 2.05) is 22.6 Å². The molecule has 36 heavy (non-hydrogen) atoms. The summed E-state index contributed by atoms with van der Waals surface area (Å²) in [5, 5.41) is 3.10. The molecule has 4 amide bonds. The van der Waals surface area contributed by atoms with E-state index in [2.05, 4.69) is 5.32 Å². The second-order valence-corrected chi connectivity index (χ2v) is 9.50. The zero-order valence-electron chi connectivity index (χ0n) is 18.5. The van der Waals surface area contributed by atoms with Crippen LogP contribution >= 0.6 is 45.8 Å². The van der Waals surface area contributed by atoms with Gasteiger partial charge in [-0.2, -0.15) is 0 Å². The number of amides is 4. The molecule has 1 fully saturated rings. The van der Waals surface area contributed by atoms with E-state index in [1.54, 1.807) is 30.3 Å². The highest BCUT2D eigenvalue weighted by Crippen LogP contribution is 2.36. The van der Waals surface area contributed by atoms with E-state index in [4.69, 9.17) is 32.7 Å². The number of halogens is 4. The van der Waals surface area contributed by atoms with Gasteiger partial charge in [-0.1, -0.05) is 29.3 Å². The summed E-state index contributed by atoms with van der Waals surface area (Å²) in [5.74, 6) is -1.43.